The van der Waals surface area contributed by atoms with E-state index in [-0.39, 0.29) is 5.41 Å². The molecular weight excluding hydrogens is 250 g/mol. The topological polar surface area (TPSA) is 51.0 Å². The largest absolute Gasteiger partial charge is 0.424 e. The molecule has 0 radical (unpaired) electrons. The van der Waals surface area contributed by atoms with E-state index in [4.69, 9.17) is 4.42 Å². The molecule has 4 heteroatoms. The van der Waals surface area contributed by atoms with Crippen molar-refractivity contribution in [3.8, 4) is 0 Å². The van der Waals surface area contributed by atoms with E-state index in [0.717, 1.165) is 6.42 Å². The summed E-state index contributed by atoms with van der Waals surface area (Å²) in [7, 11) is 0. The molecule has 1 atom stereocenters. The van der Waals surface area contributed by atoms with Crippen LogP contribution in [-0.4, -0.2) is 16.2 Å². The van der Waals surface area contributed by atoms with Crippen molar-refractivity contribution in [3.05, 3.63) is 47.7 Å². The highest BCUT2D eigenvalue weighted by molar-refractivity contribution is 5.16. The number of nitrogens with one attached hydrogen (secondary N) is 1. The summed E-state index contributed by atoms with van der Waals surface area (Å²) in [5.41, 5.74) is 1.49. The van der Waals surface area contributed by atoms with E-state index in [1.807, 2.05) is 13.0 Å². The number of aromatic nitrogens is 2. The first-order chi connectivity index (χ1) is 9.45. The van der Waals surface area contributed by atoms with Gasteiger partial charge in [-0.1, -0.05) is 51.1 Å². The van der Waals surface area contributed by atoms with Gasteiger partial charge in [0, 0.05) is 13.0 Å². The van der Waals surface area contributed by atoms with Crippen molar-refractivity contribution in [2.75, 3.05) is 0 Å². The van der Waals surface area contributed by atoms with E-state index in [2.05, 4.69) is 60.6 Å². The third kappa shape index (κ3) is 4.17. The first kappa shape index (κ1) is 14.7. The van der Waals surface area contributed by atoms with Gasteiger partial charge in [-0.2, -0.15) is 0 Å². The molecule has 0 unspecified atom stereocenters. The minimum Gasteiger partial charge on any atom is -0.424 e. The van der Waals surface area contributed by atoms with E-state index >= 15 is 0 Å². The van der Waals surface area contributed by atoms with Crippen molar-refractivity contribution in [2.45, 2.75) is 46.7 Å². The van der Waals surface area contributed by atoms with Crippen molar-refractivity contribution in [3.63, 3.8) is 0 Å². The van der Waals surface area contributed by atoms with Crippen molar-refractivity contribution in [1.82, 2.24) is 15.5 Å². The van der Waals surface area contributed by atoms with E-state index in [1.165, 1.54) is 5.56 Å². The number of aryl methyl sites for hydroxylation is 1. The van der Waals surface area contributed by atoms with Gasteiger partial charge in [-0.15, -0.1) is 10.2 Å². The Bertz CT molecular complexity index is 528. The fourth-order valence-corrected chi connectivity index (χ4v) is 2.15. The number of hydrogen-bond donors (Lipinski definition) is 1. The smallest absolute Gasteiger partial charge is 0.230 e. The third-order valence-electron chi connectivity index (χ3n) is 3.40. The van der Waals surface area contributed by atoms with Gasteiger partial charge in [0.15, 0.2) is 0 Å². The highest BCUT2D eigenvalue weighted by Gasteiger charge is 2.24. The summed E-state index contributed by atoms with van der Waals surface area (Å²) in [4.78, 5) is 0. The average molecular weight is 273 g/mol. The molecule has 1 heterocycles. The number of rotatable bonds is 5. The normalized spacial score (nSPS) is 13.4. The molecule has 1 N–H and O–H groups in total. The van der Waals surface area contributed by atoms with Crippen LogP contribution >= 0.6 is 0 Å². The second kappa shape index (κ2) is 6.18. The van der Waals surface area contributed by atoms with Crippen LogP contribution in [0.4, 0.5) is 0 Å². The van der Waals surface area contributed by atoms with Crippen LogP contribution in [0.2, 0.25) is 0 Å². The van der Waals surface area contributed by atoms with Gasteiger partial charge in [0.05, 0.1) is 6.54 Å². The van der Waals surface area contributed by atoms with Gasteiger partial charge in [0.25, 0.3) is 0 Å². The third-order valence-corrected chi connectivity index (χ3v) is 3.40. The summed E-state index contributed by atoms with van der Waals surface area (Å²) < 4.78 is 5.41. The summed E-state index contributed by atoms with van der Waals surface area (Å²) in [6.07, 6.45) is 0.984. The molecule has 0 fully saturated rings. The van der Waals surface area contributed by atoms with Crippen molar-refractivity contribution in [2.24, 2.45) is 5.41 Å². The molecule has 0 saturated carbocycles. The first-order valence-corrected chi connectivity index (χ1v) is 7.01. The summed E-state index contributed by atoms with van der Waals surface area (Å²) in [6, 6.07) is 10.9. The Morgan fingerprint density at radius 1 is 1.15 bits per heavy atom. The van der Waals surface area contributed by atoms with E-state index in [9.17, 15) is 0 Å². The summed E-state index contributed by atoms with van der Waals surface area (Å²) >= 11 is 0. The van der Waals surface area contributed by atoms with Crippen LogP contribution in [0, 0.1) is 12.3 Å². The van der Waals surface area contributed by atoms with Crippen LogP contribution in [0.15, 0.2) is 34.7 Å². The maximum absolute atomic E-state index is 5.41. The van der Waals surface area contributed by atoms with Gasteiger partial charge >= 0.3 is 0 Å². The second-order valence-corrected chi connectivity index (χ2v) is 6.20. The summed E-state index contributed by atoms with van der Waals surface area (Å²) in [5.74, 6) is 1.25. The van der Waals surface area contributed by atoms with Crippen LogP contribution in [0.25, 0.3) is 0 Å². The molecule has 108 valence electrons. The van der Waals surface area contributed by atoms with Crippen LogP contribution in [0.5, 0.6) is 0 Å². The fraction of sp³-hybridized carbons (Fsp3) is 0.500. The second-order valence-electron chi connectivity index (χ2n) is 6.20. The molecule has 1 aromatic carbocycles. The zero-order valence-corrected chi connectivity index (χ0v) is 12.7. The van der Waals surface area contributed by atoms with E-state index in [1.54, 1.807) is 0 Å². The van der Waals surface area contributed by atoms with E-state index < -0.39 is 0 Å². The number of benzene rings is 1. The quantitative estimate of drug-likeness (QED) is 0.909. The molecule has 0 aliphatic carbocycles. The predicted octanol–water partition coefficient (Wildman–Crippen LogP) is 3.13. The SMILES string of the molecule is Cc1nnc(CN[C@H](Cc2ccccc2)C(C)(C)C)o1. The van der Waals surface area contributed by atoms with Gasteiger partial charge in [-0.3, -0.25) is 0 Å². The Morgan fingerprint density at radius 3 is 2.40 bits per heavy atom. The predicted molar refractivity (Wildman–Crippen MR) is 79.3 cm³/mol. The molecule has 0 saturated heterocycles. The maximum atomic E-state index is 5.41. The number of nitrogens with zero attached hydrogens (tertiary/aromatic N) is 2. The average Bonchev–Trinajstić information content (AvgIpc) is 2.80. The van der Waals surface area contributed by atoms with Crippen molar-refractivity contribution >= 4 is 0 Å². The Kier molecular flexibility index (Phi) is 4.55. The Hall–Kier alpha value is -1.68. The Morgan fingerprint density at radius 2 is 1.85 bits per heavy atom. The van der Waals surface area contributed by atoms with Gasteiger partial charge in [-0.25, -0.2) is 0 Å². The Labute approximate surface area is 120 Å². The standard InChI is InChI=1S/C16H23N3O/c1-12-18-19-15(20-12)11-17-14(16(2,3)4)10-13-8-6-5-7-9-13/h5-9,14,17H,10-11H2,1-4H3/t14-/m1/s1. The first-order valence-electron chi connectivity index (χ1n) is 7.01. The highest BCUT2D eigenvalue weighted by atomic mass is 16.4. The maximum Gasteiger partial charge on any atom is 0.230 e. The van der Waals surface area contributed by atoms with Crippen LogP contribution < -0.4 is 5.32 Å². The van der Waals surface area contributed by atoms with Crippen LogP contribution in [-0.2, 0) is 13.0 Å². The lowest BCUT2D eigenvalue weighted by molar-refractivity contribution is 0.256. The van der Waals surface area contributed by atoms with Gasteiger partial charge in [-0.05, 0) is 17.4 Å². The molecule has 0 bridgehead atoms. The van der Waals surface area contributed by atoms with Gasteiger partial charge < -0.3 is 9.73 Å². The Balaban J connectivity index is 2.01. The van der Waals surface area contributed by atoms with Crippen LogP contribution in [0.3, 0.4) is 0 Å². The molecule has 0 aliphatic heterocycles. The molecule has 4 nitrogen and oxygen atoms in total. The highest BCUT2D eigenvalue weighted by Crippen LogP contribution is 2.23. The lowest BCUT2D eigenvalue weighted by atomic mass is 9.83. The molecule has 0 spiro atoms. The monoisotopic (exact) mass is 273 g/mol. The van der Waals surface area contributed by atoms with Crippen molar-refractivity contribution in [1.29, 1.82) is 0 Å². The van der Waals surface area contributed by atoms with Gasteiger partial charge in [0.2, 0.25) is 11.8 Å². The lowest BCUT2D eigenvalue weighted by Crippen LogP contribution is -2.41. The lowest BCUT2D eigenvalue weighted by Gasteiger charge is -2.31. The van der Waals surface area contributed by atoms with E-state index in [0.29, 0.717) is 24.4 Å². The molecule has 0 amide bonds. The zero-order valence-electron chi connectivity index (χ0n) is 12.7. The van der Waals surface area contributed by atoms with Crippen LogP contribution in [0.1, 0.15) is 38.1 Å². The van der Waals surface area contributed by atoms with Gasteiger partial charge in [0.1, 0.15) is 0 Å². The summed E-state index contributed by atoms with van der Waals surface area (Å²) in [5, 5.41) is 11.4. The minimum absolute atomic E-state index is 0.158. The fourth-order valence-electron chi connectivity index (χ4n) is 2.15. The minimum atomic E-state index is 0.158. The molecule has 20 heavy (non-hydrogen) atoms. The molecule has 1 aromatic heterocycles. The molecule has 2 aromatic rings. The molecule has 0 aliphatic rings. The molecule has 2 rings (SSSR count). The molecular formula is C16H23N3O. The zero-order chi connectivity index (χ0) is 14.6. The number of hydrogen-bond acceptors (Lipinski definition) is 4. The van der Waals surface area contributed by atoms with Crippen molar-refractivity contribution < 1.29 is 4.42 Å². The summed E-state index contributed by atoms with van der Waals surface area (Å²) in [6.45, 7) is 9.14.